The Balaban J connectivity index is 0.00000220. The molecule has 1 aromatic carbocycles. The van der Waals surface area contributed by atoms with Gasteiger partial charge in [0.05, 0.1) is 0 Å². The molecule has 1 saturated heterocycles. The molecule has 2 rings (SSSR count). The molecule has 7 heteroatoms. The van der Waals surface area contributed by atoms with Gasteiger partial charge in [0.1, 0.15) is 0 Å². The number of imide groups is 2. The number of urea groups is 1. The molecular weight excluding hydrogens is 294 g/mol. The van der Waals surface area contributed by atoms with Crippen molar-refractivity contribution in [3.05, 3.63) is 35.9 Å². The van der Waals surface area contributed by atoms with Crippen LogP contribution in [0.5, 0.6) is 0 Å². The van der Waals surface area contributed by atoms with Crippen molar-refractivity contribution in [1.29, 1.82) is 0 Å². The number of halogens is 1. The molecule has 6 nitrogen and oxygen atoms in total. The van der Waals surface area contributed by atoms with Gasteiger partial charge in [0.15, 0.2) is 5.41 Å². The number of unbranched alkanes of at least 4 members (excludes halogenated alkanes) is 1. The largest absolute Gasteiger partial charge is 0.330 e. The molecule has 0 aliphatic carbocycles. The molecule has 1 aliphatic heterocycles. The van der Waals surface area contributed by atoms with Gasteiger partial charge in [-0.1, -0.05) is 36.8 Å². The van der Waals surface area contributed by atoms with Gasteiger partial charge in [-0.3, -0.25) is 20.2 Å². The summed E-state index contributed by atoms with van der Waals surface area (Å²) in [5.41, 5.74) is 4.69. The average Bonchev–Trinajstić information content (AvgIpc) is 2.43. The van der Waals surface area contributed by atoms with Crippen molar-refractivity contribution in [1.82, 2.24) is 10.6 Å². The van der Waals surface area contributed by atoms with Crippen LogP contribution in [0.4, 0.5) is 4.79 Å². The van der Waals surface area contributed by atoms with E-state index >= 15 is 0 Å². The molecule has 4 N–H and O–H groups in total. The Hall–Kier alpha value is -1.92. The van der Waals surface area contributed by atoms with Crippen LogP contribution in [0.3, 0.4) is 0 Å². The van der Waals surface area contributed by atoms with Crippen LogP contribution >= 0.6 is 12.4 Å². The molecule has 114 valence electrons. The van der Waals surface area contributed by atoms with Crippen molar-refractivity contribution < 1.29 is 14.4 Å². The van der Waals surface area contributed by atoms with Crippen molar-refractivity contribution in [2.24, 2.45) is 5.73 Å². The molecule has 1 aliphatic rings. The summed E-state index contributed by atoms with van der Waals surface area (Å²) >= 11 is 0. The van der Waals surface area contributed by atoms with Gasteiger partial charge in [0.25, 0.3) is 0 Å². The fourth-order valence-electron chi connectivity index (χ4n) is 2.44. The van der Waals surface area contributed by atoms with E-state index in [2.05, 4.69) is 10.6 Å². The van der Waals surface area contributed by atoms with E-state index in [1.54, 1.807) is 30.3 Å². The van der Waals surface area contributed by atoms with Crippen LogP contribution in [0.1, 0.15) is 24.8 Å². The van der Waals surface area contributed by atoms with Gasteiger partial charge >= 0.3 is 6.03 Å². The summed E-state index contributed by atoms with van der Waals surface area (Å²) in [6.07, 6.45) is 1.66. The average molecular weight is 312 g/mol. The van der Waals surface area contributed by atoms with Crippen LogP contribution in [0.2, 0.25) is 0 Å². The van der Waals surface area contributed by atoms with Gasteiger partial charge in [0, 0.05) is 0 Å². The zero-order valence-corrected chi connectivity index (χ0v) is 12.2. The third kappa shape index (κ3) is 3.22. The zero-order valence-electron chi connectivity index (χ0n) is 11.4. The lowest BCUT2D eigenvalue weighted by molar-refractivity contribution is -0.139. The minimum Gasteiger partial charge on any atom is -0.330 e. The number of amides is 4. The predicted octanol–water partition coefficient (Wildman–Crippen LogP) is 0.841. The molecule has 0 aromatic heterocycles. The van der Waals surface area contributed by atoms with Gasteiger partial charge in [-0.2, -0.15) is 0 Å². The number of benzene rings is 1. The number of nitrogens with one attached hydrogen (secondary N) is 2. The SMILES string of the molecule is Cl.NCCCCC1(c2ccccc2)C(=O)NC(=O)NC1=O. The molecule has 1 heterocycles. The number of hydrogen-bond acceptors (Lipinski definition) is 4. The number of nitrogens with two attached hydrogens (primary N) is 1. The molecule has 0 radical (unpaired) electrons. The Kier molecular flexibility index (Phi) is 5.87. The highest BCUT2D eigenvalue weighted by Crippen LogP contribution is 2.32. The summed E-state index contributed by atoms with van der Waals surface area (Å²) < 4.78 is 0. The van der Waals surface area contributed by atoms with Gasteiger partial charge in [-0.15, -0.1) is 12.4 Å². The Morgan fingerprint density at radius 3 is 2.05 bits per heavy atom. The summed E-state index contributed by atoms with van der Waals surface area (Å²) in [6, 6.07) is 7.99. The maximum atomic E-state index is 12.3. The second-order valence-corrected chi connectivity index (χ2v) is 4.75. The second-order valence-electron chi connectivity index (χ2n) is 4.75. The summed E-state index contributed by atoms with van der Waals surface area (Å²) in [5, 5.41) is 4.37. The molecule has 0 atom stereocenters. The highest BCUT2D eigenvalue weighted by atomic mass is 35.5. The monoisotopic (exact) mass is 311 g/mol. The standard InChI is InChI=1S/C14H17N3O3.ClH/c15-9-5-4-8-14(10-6-2-1-3-7-10)11(18)16-13(20)17-12(14)19;/h1-3,6-7H,4-5,8-9,15H2,(H2,16,17,18,19,20);1H. The van der Waals surface area contributed by atoms with E-state index in [9.17, 15) is 14.4 Å². The van der Waals surface area contributed by atoms with Crippen molar-refractivity contribution in [2.45, 2.75) is 24.7 Å². The summed E-state index contributed by atoms with van der Waals surface area (Å²) in [6.45, 7) is 0.493. The Bertz CT molecular complexity index is 514. The molecular formula is C14H18ClN3O3. The molecule has 1 fully saturated rings. The van der Waals surface area contributed by atoms with E-state index in [4.69, 9.17) is 5.73 Å². The van der Waals surface area contributed by atoms with Crippen LogP contribution in [-0.4, -0.2) is 24.4 Å². The lowest BCUT2D eigenvalue weighted by atomic mass is 9.73. The third-order valence-corrected chi connectivity index (χ3v) is 3.50. The minimum absolute atomic E-state index is 0. The fourth-order valence-corrected chi connectivity index (χ4v) is 2.44. The Morgan fingerprint density at radius 2 is 1.52 bits per heavy atom. The van der Waals surface area contributed by atoms with Gasteiger partial charge < -0.3 is 5.73 Å². The van der Waals surface area contributed by atoms with E-state index in [0.717, 1.165) is 0 Å². The zero-order chi connectivity index (χ0) is 14.6. The minimum atomic E-state index is -1.36. The van der Waals surface area contributed by atoms with Gasteiger partial charge in [-0.05, 0) is 24.9 Å². The molecule has 4 amide bonds. The van der Waals surface area contributed by atoms with E-state index in [0.29, 0.717) is 31.4 Å². The molecule has 21 heavy (non-hydrogen) atoms. The van der Waals surface area contributed by atoms with Crippen LogP contribution < -0.4 is 16.4 Å². The van der Waals surface area contributed by atoms with Crippen LogP contribution in [-0.2, 0) is 15.0 Å². The van der Waals surface area contributed by atoms with E-state index < -0.39 is 23.3 Å². The fraction of sp³-hybridized carbons (Fsp3) is 0.357. The Morgan fingerprint density at radius 1 is 0.952 bits per heavy atom. The van der Waals surface area contributed by atoms with Crippen LogP contribution in [0, 0.1) is 0 Å². The number of barbiturate groups is 1. The highest BCUT2D eigenvalue weighted by molar-refractivity contribution is 6.22. The molecule has 0 spiro atoms. The highest BCUT2D eigenvalue weighted by Gasteiger charge is 2.50. The normalized spacial score (nSPS) is 16.7. The van der Waals surface area contributed by atoms with Crippen molar-refractivity contribution in [3.63, 3.8) is 0 Å². The number of carbonyl (C=O) groups excluding carboxylic acids is 3. The van der Waals surface area contributed by atoms with E-state index in [1.807, 2.05) is 0 Å². The third-order valence-electron chi connectivity index (χ3n) is 3.50. The van der Waals surface area contributed by atoms with E-state index in [-0.39, 0.29) is 12.4 Å². The maximum Gasteiger partial charge on any atom is 0.328 e. The summed E-state index contributed by atoms with van der Waals surface area (Å²) in [7, 11) is 0. The van der Waals surface area contributed by atoms with E-state index in [1.165, 1.54) is 0 Å². The topological polar surface area (TPSA) is 101 Å². The first-order valence-electron chi connectivity index (χ1n) is 6.53. The van der Waals surface area contributed by atoms with Crippen molar-refractivity contribution >= 4 is 30.3 Å². The smallest absolute Gasteiger partial charge is 0.328 e. The summed E-state index contributed by atoms with van der Waals surface area (Å²) in [4.78, 5) is 35.9. The van der Waals surface area contributed by atoms with Gasteiger partial charge in [-0.25, -0.2) is 4.79 Å². The van der Waals surface area contributed by atoms with Crippen LogP contribution in [0.25, 0.3) is 0 Å². The maximum absolute atomic E-state index is 12.3. The quantitative estimate of drug-likeness (QED) is 0.554. The first-order chi connectivity index (χ1) is 9.61. The first kappa shape index (κ1) is 17.1. The number of carbonyl (C=O) groups is 3. The molecule has 1 aromatic rings. The second kappa shape index (κ2) is 7.19. The molecule has 0 unspecified atom stereocenters. The van der Waals surface area contributed by atoms with Gasteiger partial charge in [0.2, 0.25) is 11.8 Å². The summed E-state index contributed by atoms with van der Waals surface area (Å²) in [5.74, 6) is -1.15. The first-order valence-corrected chi connectivity index (χ1v) is 6.53. The predicted molar refractivity (Wildman–Crippen MR) is 80.0 cm³/mol. The van der Waals surface area contributed by atoms with Crippen molar-refractivity contribution in [3.8, 4) is 0 Å². The molecule has 0 bridgehead atoms. The Labute approximate surface area is 128 Å². The lowest BCUT2D eigenvalue weighted by Gasteiger charge is -2.34. The lowest BCUT2D eigenvalue weighted by Crippen LogP contribution is -2.64. The molecule has 0 saturated carbocycles. The van der Waals surface area contributed by atoms with Crippen molar-refractivity contribution in [2.75, 3.05) is 6.54 Å². The number of rotatable bonds is 5. The van der Waals surface area contributed by atoms with Crippen LogP contribution in [0.15, 0.2) is 30.3 Å². The number of hydrogen-bond donors (Lipinski definition) is 3.